The second-order valence-corrected chi connectivity index (χ2v) is 22.0. The van der Waals surface area contributed by atoms with E-state index in [0.29, 0.717) is 13.2 Å². The Hall–Kier alpha value is -1.31. The number of phosphoric ester groups is 1. The lowest BCUT2D eigenvalue weighted by atomic mass is 10.6. The van der Waals surface area contributed by atoms with E-state index >= 15 is 0 Å². The normalized spacial score (nSPS) is 12.6. The van der Waals surface area contributed by atoms with Crippen LogP contribution >= 0.6 is 7.82 Å². The van der Waals surface area contributed by atoms with Gasteiger partial charge in [-0.3, -0.25) is 13.6 Å². The highest BCUT2D eigenvalue weighted by molar-refractivity contribution is 7.48. The average molecular weight is 480 g/mol. The molecule has 0 unspecified atom stereocenters. The van der Waals surface area contributed by atoms with Gasteiger partial charge in [0.2, 0.25) is 0 Å². The van der Waals surface area contributed by atoms with E-state index in [1.807, 2.05) is 0 Å². The van der Waals surface area contributed by atoms with E-state index in [4.69, 9.17) is 24.0 Å². The third kappa shape index (κ3) is 13.1. The quantitative estimate of drug-likeness (QED) is 0.237. The molecule has 1 aromatic rings. The Bertz CT molecular complexity index is 685. The van der Waals surface area contributed by atoms with Crippen LogP contribution in [0, 0.1) is 0 Å². The molecule has 10 nitrogen and oxygen atoms in total. The molecule has 0 saturated carbocycles. The molecule has 172 valence electrons. The van der Waals surface area contributed by atoms with Gasteiger partial charge in [0.25, 0.3) is 0 Å². The van der Waals surface area contributed by atoms with Gasteiger partial charge in [0.1, 0.15) is 6.61 Å². The highest BCUT2D eigenvalue weighted by Crippen LogP contribution is 2.50. The van der Waals surface area contributed by atoms with Crippen molar-refractivity contribution in [3.8, 4) is 11.8 Å². The molecule has 1 amide bonds. The number of phosphoric acid groups is 1. The second kappa shape index (κ2) is 11.9. The van der Waals surface area contributed by atoms with Gasteiger partial charge in [-0.25, -0.2) is 9.36 Å². The van der Waals surface area contributed by atoms with Gasteiger partial charge >= 0.3 is 19.9 Å². The summed E-state index contributed by atoms with van der Waals surface area (Å²) in [6, 6.07) is 1.74. The Morgan fingerprint density at radius 1 is 0.900 bits per heavy atom. The first-order chi connectivity index (χ1) is 13.8. The van der Waals surface area contributed by atoms with Crippen LogP contribution in [0.5, 0.6) is 11.8 Å². The van der Waals surface area contributed by atoms with E-state index in [1.54, 1.807) is 0 Å². The second-order valence-electron chi connectivity index (χ2n) is 9.04. The van der Waals surface area contributed by atoms with Crippen molar-refractivity contribution < 1.29 is 32.4 Å². The number of primary amides is 1. The molecule has 0 aliphatic heterocycles. The number of rotatable bonds is 14. The predicted octanol–water partition coefficient (Wildman–Crippen LogP) is 4.15. The zero-order valence-electron chi connectivity index (χ0n) is 18.7. The predicted molar refractivity (Wildman–Crippen MR) is 120 cm³/mol. The zero-order chi connectivity index (χ0) is 22.8. The third-order valence-electron chi connectivity index (χ3n) is 3.59. The molecule has 13 heteroatoms. The molecule has 0 bridgehead atoms. The maximum atomic E-state index is 13.0. The van der Waals surface area contributed by atoms with E-state index in [2.05, 4.69) is 54.0 Å². The van der Waals surface area contributed by atoms with Gasteiger partial charge in [0, 0.05) is 16.1 Å². The third-order valence-corrected chi connectivity index (χ3v) is 8.49. The van der Waals surface area contributed by atoms with Crippen molar-refractivity contribution in [1.82, 2.24) is 9.97 Å². The van der Waals surface area contributed by atoms with Gasteiger partial charge in [0.05, 0.1) is 32.2 Å². The molecule has 0 saturated heterocycles. The first-order valence-corrected chi connectivity index (χ1v) is 18.6. The minimum atomic E-state index is -3.68. The molecule has 0 atom stereocenters. The summed E-state index contributed by atoms with van der Waals surface area (Å²) < 4.78 is 39.4. The van der Waals surface area contributed by atoms with Crippen LogP contribution < -0.4 is 15.2 Å². The molecule has 30 heavy (non-hydrogen) atoms. The largest absolute Gasteiger partial charge is 0.474 e. The monoisotopic (exact) mass is 479 g/mol. The molecule has 0 aliphatic carbocycles. The van der Waals surface area contributed by atoms with Crippen LogP contribution in [0.4, 0.5) is 4.79 Å². The van der Waals surface area contributed by atoms with Gasteiger partial charge in [-0.15, -0.1) is 0 Å². The van der Waals surface area contributed by atoms with Crippen LogP contribution in [0.2, 0.25) is 51.4 Å². The number of hydrogen-bond acceptors (Lipinski definition) is 9. The lowest BCUT2D eigenvalue weighted by Crippen LogP contribution is -2.23. The molecule has 2 N–H and O–H groups in total. The van der Waals surface area contributed by atoms with Gasteiger partial charge in [0.15, 0.2) is 5.75 Å². The first kappa shape index (κ1) is 26.7. The highest BCUT2D eigenvalue weighted by Gasteiger charge is 2.29. The molecule has 1 heterocycles. The van der Waals surface area contributed by atoms with Crippen molar-refractivity contribution in [2.75, 3.05) is 26.4 Å². The van der Waals surface area contributed by atoms with Crippen molar-refractivity contribution in [2.24, 2.45) is 5.73 Å². The van der Waals surface area contributed by atoms with Crippen LogP contribution in [0.15, 0.2) is 12.4 Å². The zero-order valence-corrected chi connectivity index (χ0v) is 21.6. The SMILES string of the molecule is C[Si](C)(C)CCOP(=O)(OCCOc1ncc(OC(N)=O)cn1)OCC[Si](C)(C)C. The van der Waals surface area contributed by atoms with E-state index in [9.17, 15) is 9.36 Å². The summed E-state index contributed by atoms with van der Waals surface area (Å²) in [4.78, 5) is 18.4. The number of carbonyl (C=O) groups excluding carboxylic acids is 1. The standard InChI is InChI=1S/C17H34N3O7PSi2/c1-29(2,3)11-9-25-28(22,26-10-12-30(4,5)6)24-8-7-23-17-19-13-15(14-20-17)27-16(18)21/h13-14H,7-12H2,1-6H3,(H2,18,21). The molecule has 0 radical (unpaired) electrons. The number of nitrogens with two attached hydrogens (primary N) is 1. The summed E-state index contributed by atoms with van der Waals surface area (Å²) in [6.07, 6.45) is 1.54. The molecule has 1 rings (SSSR count). The topological polar surface area (TPSA) is 132 Å². The molecule has 0 aliphatic rings. The van der Waals surface area contributed by atoms with Crippen LogP contribution in [-0.4, -0.2) is 58.6 Å². The maximum Gasteiger partial charge on any atom is 0.474 e. The fraction of sp³-hybridized carbons (Fsp3) is 0.706. The molecule has 0 aromatic carbocycles. The van der Waals surface area contributed by atoms with Gasteiger partial charge in [-0.1, -0.05) is 39.3 Å². The van der Waals surface area contributed by atoms with Gasteiger partial charge < -0.3 is 15.2 Å². The summed E-state index contributed by atoms with van der Waals surface area (Å²) in [5.74, 6) is 0.0993. The average Bonchev–Trinajstić information content (AvgIpc) is 2.57. The van der Waals surface area contributed by atoms with Crippen molar-refractivity contribution in [3.05, 3.63) is 12.4 Å². The van der Waals surface area contributed by atoms with Crippen LogP contribution in [0.1, 0.15) is 0 Å². The van der Waals surface area contributed by atoms with E-state index in [0.717, 1.165) is 12.1 Å². The van der Waals surface area contributed by atoms with E-state index in [-0.39, 0.29) is 25.0 Å². The van der Waals surface area contributed by atoms with Crippen LogP contribution in [0.25, 0.3) is 0 Å². The molecule has 1 aromatic heterocycles. The Labute approximate surface area is 180 Å². The maximum absolute atomic E-state index is 13.0. The minimum absolute atomic E-state index is 0.0277. The van der Waals surface area contributed by atoms with Gasteiger partial charge in [-0.2, -0.15) is 9.97 Å². The van der Waals surface area contributed by atoms with Crippen molar-refractivity contribution in [2.45, 2.75) is 51.4 Å². The lowest BCUT2D eigenvalue weighted by molar-refractivity contribution is 0.104. The Balaban J connectivity index is 2.52. The van der Waals surface area contributed by atoms with E-state index < -0.39 is 30.1 Å². The van der Waals surface area contributed by atoms with Crippen molar-refractivity contribution in [1.29, 1.82) is 0 Å². The Kier molecular flexibility index (Phi) is 10.6. The number of ether oxygens (including phenoxy) is 2. The summed E-state index contributed by atoms with van der Waals surface area (Å²) in [6.45, 7) is 13.9. The fourth-order valence-corrected chi connectivity index (χ4v) is 4.79. The Morgan fingerprint density at radius 3 is 1.80 bits per heavy atom. The number of amides is 1. The molecule has 0 fully saturated rings. The number of hydrogen-bond donors (Lipinski definition) is 1. The van der Waals surface area contributed by atoms with Crippen LogP contribution in [0.3, 0.4) is 0 Å². The smallest absolute Gasteiger partial charge is 0.461 e. The van der Waals surface area contributed by atoms with Crippen molar-refractivity contribution >= 4 is 30.1 Å². The first-order valence-electron chi connectivity index (χ1n) is 9.74. The number of carbonyl (C=O) groups is 1. The molecule has 0 spiro atoms. The summed E-state index contributed by atoms with van der Waals surface area (Å²) in [7, 11) is -6.38. The summed E-state index contributed by atoms with van der Waals surface area (Å²) in [5, 5.41) is 0. The molecular formula is C17H34N3O7PSi2. The number of aromatic nitrogens is 2. The number of nitrogens with zero attached hydrogens (tertiary/aromatic N) is 2. The highest BCUT2D eigenvalue weighted by atomic mass is 31.2. The van der Waals surface area contributed by atoms with E-state index in [1.165, 1.54) is 12.4 Å². The van der Waals surface area contributed by atoms with Gasteiger partial charge in [-0.05, 0) is 12.1 Å². The Morgan fingerprint density at radius 2 is 1.37 bits per heavy atom. The fourth-order valence-electron chi connectivity index (χ4n) is 1.87. The van der Waals surface area contributed by atoms with Crippen LogP contribution in [-0.2, 0) is 18.1 Å². The summed E-state index contributed by atoms with van der Waals surface area (Å²) >= 11 is 0. The molecular weight excluding hydrogens is 445 g/mol. The minimum Gasteiger partial charge on any atom is -0.461 e. The lowest BCUT2D eigenvalue weighted by Gasteiger charge is -2.22. The van der Waals surface area contributed by atoms with Crippen molar-refractivity contribution in [3.63, 3.8) is 0 Å². The summed E-state index contributed by atoms with van der Waals surface area (Å²) in [5.41, 5.74) is 4.91.